The molecule has 1 aromatic carbocycles. The van der Waals surface area contributed by atoms with Gasteiger partial charge in [-0.3, -0.25) is 0 Å². The van der Waals surface area contributed by atoms with E-state index in [1.807, 2.05) is 12.1 Å². The van der Waals surface area contributed by atoms with Gasteiger partial charge in [-0.1, -0.05) is 64.0 Å². The standard InChI is InChI=1S/C18H27N3O/c1-17(2,3)12-18(4,5)10-13-6-8-14(9-7-13)16-20-15(11-19)22-21-16/h6-9H,10-12,19H2,1-5H3. The van der Waals surface area contributed by atoms with E-state index < -0.39 is 0 Å². The second kappa shape index (κ2) is 6.21. The molecule has 0 radical (unpaired) electrons. The fourth-order valence-electron chi connectivity index (χ4n) is 3.28. The molecule has 0 unspecified atom stereocenters. The zero-order valence-corrected chi connectivity index (χ0v) is 14.3. The molecule has 0 saturated carbocycles. The van der Waals surface area contributed by atoms with E-state index in [-0.39, 0.29) is 12.0 Å². The normalized spacial score (nSPS) is 12.6. The van der Waals surface area contributed by atoms with E-state index in [2.05, 4.69) is 56.9 Å². The molecule has 1 aromatic heterocycles. The third-order valence-electron chi connectivity index (χ3n) is 3.55. The van der Waals surface area contributed by atoms with Crippen molar-refractivity contribution in [3.05, 3.63) is 35.7 Å². The molecule has 0 spiro atoms. The fourth-order valence-corrected chi connectivity index (χ4v) is 3.28. The SMILES string of the molecule is CC(C)(C)CC(C)(C)Cc1ccc(-c2noc(CN)n2)cc1. The van der Waals surface area contributed by atoms with Gasteiger partial charge in [0, 0.05) is 5.56 Å². The van der Waals surface area contributed by atoms with Crippen LogP contribution in [0.4, 0.5) is 0 Å². The summed E-state index contributed by atoms with van der Waals surface area (Å²) in [5, 5.41) is 3.94. The first-order valence-electron chi connectivity index (χ1n) is 7.80. The third kappa shape index (κ3) is 4.67. The number of aromatic nitrogens is 2. The molecule has 22 heavy (non-hydrogen) atoms. The lowest BCUT2D eigenvalue weighted by molar-refractivity contribution is 0.211. The van der Waals surface area contributed by atoms with Crippen LogP contribution >= 0.6 is 0 Å². The highest BCUT2D eigenvalue weighted by Crippen LogP contribution is 2.36. The van der Waals surface area contributed by atoms with Crippen LogP contribution in [-0.4, -0.2) is 10.1 Å². The predicted octanol–water partition coefficient (Wildman–Crippen LogP) is 4.20. The Kier molecular flexibility index (Phi) is 4.71. The number of nitrogens with zero attached hydrogens (tertiary/aromatic N) is 2. The van der Waals surface area contributed by atoms with E-state index in [4.69, 9.17) is 10.3 Å². The molecule has 0 aliphatic heterocycles. The Hall–Kier alpha value is -1.68. The van der Waals surface area contributed by atoms with Gasteiger partial charge in [0.2, 0.25) is 11.7 Å². The molecule has 1 heterocycles. The van der Waals surface area contributed by atoms with Gasteiger partial charge >= 0.3 is 0 Å². The highest BCUT2D eigenvalue weighted by Gasteiger charge is 2.25. The molecule has 0 bridgehead atoms. The van der Waals surface area contributed by atoms with Crippen molar-refractivity contribution in [1.29, 1.82) is 0 Å². The van der Waals surface area contributed by atoms with Crippen molar-refractivity contribution in [3.8, 4) is 11.4 Å². The third-order valence-corrected chi connectivity index (χ3v) is 3.55. The molecule has 120 valence electrons. The monoisotopic (exact) mass is 301 g/mol. The van der Waals surface area contributed by atoms with E-state index in [1.165, 1.54) is 12.0 Å². The molecular formula is C18H27N3O. The van der Waals surface area contributed by atoms with E-state index in [1.54, 1.807) is 0 Å². The molecule has 2 rings (SSSR count). The smallest absolute Gasteiger partial charge is 0.240 e. The summed E-state index contributed by atoms with van der Waals surface area (Å²) in [5.74, 6) is 1.06. The van der Waals surface area contributed by atoms with Gasteiger partial charge in [-0.05, 0) is 29.2 Å². The Labute approximate surface area is 133 Å². The molecule has 4 heteroatoms. The van der Waals surface area contributed by atoms with Gasteiger partial charge in [0.1, 0.15) is 0 Å². The van der Waals surface area contributed by atoms with E-state index >= 15 is 0 Å². The van der Waals surface area contributed by atoms with Crippen molar-refractivity contribution < 1.29 is 4.52 Å². The lowest BCUT2D eigenvalue weighted by Crippen LogP contribution is -2.22. The average Bonchev–Trinajstić information content (AvgIpc) is 2.85. The lowest BCUT2D eigenvalue weighted by atomic mass is 9.73. The first-order valence-corrected chi connectivity index (χ1v) is 7.80. The van der Waals surface area contributed by atoms with Gasteiger partial charge in [-0.2, -0.15) is 4.98 Å². The molecule has 4 nitrogen and oxygen atoms in total. The van der Waals surface area contributed by atoms with Crippen LogP contribution < -0.4 is 5.73 Å². The van der Waals surface area contributed by atoms with Gasteiger partial charge in [0.15, 0.2) is 0 Å². The molecule has 2 N–H and O–H groups in total. The second-order valence-corrected chi connectivity index (χ2v) is 7.99. The topological polar surface area (TPSA) is 64.9 Å². The molecule has 0 amide bonds. The van der Waals surface area contributed by atoms with Crippen LogP contribution in [0.1, 0.15) is 52.5 Å². The summed E-state index contributed by atoms with van der Waals surface area (Å²) in [5.41, 5.74) is 8.40. The Morgan fingerprint density at radius 1 is 1.05 bits per heavy atom. The zero-order chi connectivity index (χ0) is 16.4. The quantitative estimate of drug-likeness (QED) is 0.899. The second-order valence-electron chi connectivity index (χ2n) is 7.99. The molecule has 0 saturated heterocycles. The molecule has 0 aliphatic rings. The number of nitrogens with two attached hydrogens (primary N) is 1. The van der Waals surface area contributed by atoms with Gasteiger partial charge in [0.05, 0.1) is 6.54 Å². The predicted molar refractivity (Wildman–Crippen MR) is 89.2 cm³/mol. The van der Waals surface area contributed by atoms with Crippen molar-refractivity contribution in [2.45, 2.75) is 54.0 Å². The largest absolute Gasteiger partial charge is 0.338 e. The summed E-state index contributed by atoms with van der Waals surface area (Å²) in [6.07, 6.45) is 2.25. The summed E-state index contributed by atoms with van der Waals surface area (Å²) < 4.78 is 5.05. The fraction of sp³-hybridized carbons (Fsp3) is 0.556. The summed E-state index contributed by atoms with van der Waals surface area (Å²) in [7, 11) is 0. The Morgan fingerprint density at radius 3 is 2.18 bits per heavy atom. The van der Waals surface area contributed by atoms with Crippen LogP contribution in [0.5, 0.6) is 0 Å². The Bertz CT molecular complexity index is 606. The highest BCUT2D eigenvalue weighted by molar-refractivity contribution is 5.54. The molecule has 0 fully saturated rings. The van der Waals surface area contributed by atoms with Crippen molar-refractivity contribution in [1.82, 2.24) is 10.1 Å². The zero-order valence-electron chi connectivity index (χ0n) is 14.3. The summed E-state index contributed by atoms with van der Waals surface area (Å²) in [6.45, 7) is 11.8. The van der Waals surface area contributed by atoms with Crippen LogP contribution in [0.15, 0.2) is 28.8 Å². The van der Waals surface area contributed by atoms with E-state index in [0.29, 0.717) is 17.1 Å². The molecule has 2 aromatic rings. The Balaban J connectivity index is 2.08. The number of hydrogen-bond donors (Lipinski definition) is 1. The van der Waals surface area contributed by atoms with Gasteiger partial charge in [-0.15, -0.1) is 0 Å². The van der Waals surface area contributed by atoms with Crippen LogP contribution in [0.25, 0.3) is 11.4 Å². The van der Waals surface area contributed by atoms with Crippen LogP contribution in [0.2, 0.25) is 0 Å². The molecule has 0 aliphatic carbocycles. The van der Waals surface area contributed by atoms with Crippen LogP contribution in [0.3, 0.4) is 0 Å². The maximum absolute atomic E-state index is 5.49. The Morgan fingerprint density at radius 2 is 1.68 bits per heavy atom. The van der Waals surface area contributed by atoms with Crippen molar-refractivity contribution in [2.24, 2.45) is 16.6 Å². The van der Waals surface area contributed by atoms with E-state index in [9.17, 15) is 0 Å². The molecule has 0 atom stereocenters. The van der Waals surface area contributed by atoms with Crippen LogP contribution in [-0.2, 0) is 13.0 Å². The summed E-state index contributed by atoms with van der Waals surface area (Å²) in [4.78, 5) is 4.25. The average molecular weight is 301 g/mol. The number of rotatable bonds is 5. The van der Waals surface area contributed by atoms with E-state index in [0.717, 1.165) is 12.0 Å². The maximum Gasteiger partial charge on any atom is 0.240 e. The maximum atomic E-state index is 5.49. The first-order chi connectivity index (χ1) is 10.2. The van der Waals surface area contributed by atoms with Gasteiger partial charge < -0.3 is 10.3 Å². The highest BCUT2D eigenvalue weighted by atomic mass is 16.5. The summed E-state index contributed by atoms with van der Waals surface area (Å²) >= 11 is 0. The van der Waals surface area contributed by atoms with Crippen molar-refractivity contribution in [2.75, 3.05) is 0 Å². The molecular weight excluding hydrogens is 274 g/mol. The van der Waals surface area contributed by atoms with Gasteiger partial charge in [0.25, 0.3) is 0 Å². The summed E-state index contributed by atoms with van der Waals surface area (Å²) in [6, 6.07) is 8.40. The minimum absolute atomic E-state index is 0.270. The van der Waals surface area contributed by atoms with Crippen molar-refractivity contribution in [3.63, 3.8) is 0 Å². The first kappa shape index (κ1) is 16.7. The van der Waals surface area contributed by atoms with Crippen LogP contribution in [0, 0.1) is 10.8 Å². The number of benzene rings is 1. The minimum atomic E-state index is 0.270. The van der Waals surface area contributed by atoms with Crippen molar-refractivity contribution >= 4 is 0 Å². The minimum Gasteiger partial charge on any atom is -0.338 e. The lowest BCUT2D eigenvalue weighted by Gasteiger charge is -2.32. The van der Waals surface area contributed by atoms with Gasteiger partial charge in [-0.25, -0.2) is 0 Å². The number of hydrogen-bond acceptors (Lipinski definition) is 4.